The van der Waals surface area contributed by atoms with Crippen LogP contribution in [0.25, 0.3) is 0 Å². The summed E-state index contributed by atoms with van der Waals surface area (Å²) < 4.78 is 32.5. The van der Waals surface area contributed by atoms with Crippen molar-refractivity contribution >= 4 is 17.8 Å². The molecule has 1 aromatic heterocycles. The number of amides is 2. The Morgan fingerprint density at radius 1 is 1.16 bits per heavy atom. The van der Waals surface area contributed by atoms with Crippen molar-refractivity contribution in [1.29, 1.82) is 0 Å². The van der Waals surface area contributed by atoms with E-state index >= 15 is 0 Å². The molecule has 0 unspecified atom stereocenters. The highest BCUT2D eigenvalue weighted by Gasteiger charge is 2.26. The van der Waals surface area contributed by atoms with Gasteiger partial charge >= 0.3 is 0 Å². The van der Waals surface area contributed by atoms with E-state index in [1.807, 2.05) is 0 Å². The van der Waals surface area contributed by atoms with Gasteiger partial charge < -0.3 is 9.64 Å². The van der Waals surface area contributed by atoms with Crippen molar-refractivity contribution in [3.63, 3.8) is 0 Å². The van der Waals surface area contributed by atoms with Crippen LogP contribution in [0.5, 0.6) is 5.75 Å². The molecule has 4 rings (SSSR count). The van der Waals surface area contributed by atoms with Crippen molar-refractivity contribution in [1.82, 2.24) is 14.9 Å². The van der Waals surface area contributed by atoms with Gasteiger partial charge in [0.1, 0.15) is 5.75 Å². The number of fused-ring (bicyclic) bond motifs is 1. The van der Waals surface area contributed by atoms with E-state index in [4.69, 9.17) is 4.74 Å². The van der Waals surface area contributed by atoms with E-state index in [9.17, 15) is 18.4 Å². The summed E-state index contributed by atoms with van der Waals surface area (Å²) in [6.07, 6.45) is 1.91. The molecule has 2 amide bonds. The molecule has 0 atom stereocenters. The normalized spacial score (nSPS) is 12.8. The number of carbonyl (C=O) groups is 2. The summed E-state index contributed by atoms with van der Waals surface area (Å²) in [6, 6.07) is 10.2. The molecular formula is C22H18F2N4O3. The fraction of sp³-hybridized carbons (Fsp3) is 0.182. The zero-order valence-corrected chi connectivity index (χ0v) is 16.6. The number of rotatable bonds is 4. The van der Waals surface area contributed by atoms with Crippen molar-refractivity contribution in [3.8, 4) is 5.75 Å². The molecule has 2 aromatic carbocycles. The van der Waals surface area contributed by atoms with Gasteiger partial charge in [-0.2, -0.15) is 0 Å². The van der Waals surface area contributed by atoms with Gasteiger partial charge in [0.15, 0.2) is 11.6 Å². The number of ether oxygens (including phenoxy) is 1. The first-order chi connectivity index (χ1) is 15.0. The van der Waals surface area contributed by atoms with Gasteiger partial charge in [-0.05, 0) is 30.3 Å². The number of aromatic nitrogens is 2. The van der Waals surface area contributed by atoms with Crippen molar-refractivity contribution in [3.05, 3.63) is 82.7 Å². The second-order valence-electron chi connectivity index (χ2n) is 6.93. The largest absolute Gasteiger partial charge is 0.497 e. The Kier molecular flexibility index (Phi) is 5.57. The summed E-state index contributed by atoms with van der Waals surface area (Å²) in [5, 5.41) is 2.64. The molecule has 31 heavy (non-hydrogen) atoms. The average molecular weight is 424 g/mol. The first kappa shape index (κ1) is 20.4. The van der Waals surface area contributed by atoms with Gasteiger partial charge in [0.2, 0.25) is 5.95 Å². The van der Waals surface area contributed by atoms with Crippen LogP contribution in [0.3, 0.4) is 0 Å². The van der Waals surface area contributed by atoms with Crippen molar-refractivity contribution in [2.75, 3.05) is 19.0 Å². The van der Waals surface area contributed by atoms with E-state index in [0.29, 0.717) is 29.0 Å². The molecule has 7 nitrogen and oxygen atoms in total. The smallest absolute Gasteiger partial charge is 0.258 e. The van der Waals surface area contributed by atoms with E-state index in [1.165, 1.54) is 30.3 Å². The van der Waals surface area contributed by atoms with Crippen molar-refractivity contribution in [2.45, 2.75) is 13.0 Å². The maximum Gasteiger partial charge on any atom is 0.258 e. The number of hydrogen-bond donors (Lipinski definition) is 1. The Morgan fingerprint density at radius 3 is 2.77 bits per heavy atom. The van der Waals surface area contributed by atoms with Crippen molar-refractivity contribution < 1.29 is 23.1 Å². The van der Waals surface area contributed by atoms with Crippen molar-refractivity contribution in [2.24, 2.45) is 0 Å². The molecule has 1 aliphatic rings. The highest BCUT2D eigenvalue weighted by molar-refractivity contribution is 6.03. The summed E-state index contributed by atoms with van der Waals surface area (Å²) >= 11 is 0. The third kappa shape index (κ3) is 4.20. The van der Waals surface area contributed by atoms with Crippen LogP contribution in [0.15, 0.2) is 48.7 Å². The lowest BCUT2D eigenvalue weighted by Gasteiger charge is -2.28. The fourth-order valence-corrected chi connectivity index (χ4v) is 3.33. The summed E-state index contributed by atoms with van der Waals surface area (Å²) in [4.78, 5) is 35.0. The van der Waals surface area contributed by atoms with Gasteiger partial charge in [-0.25, -0.2) is 18.7 Å². The van der Waals surface area contributed by atoms with Crippen LogP contribution >= 0.6 is 0 Å². The van der Waals surface area contributed by atoms with E-state index < -0.39 is 17.5 Å². The number of anilines is 1. The zero-order valence-electron chi connectivity index (χ0n) is 16.6. The Balaban J connectivity index is 1.48. The first-order valence-corrected chi connectivity index (χ1v) is 9.49. The number of methoxy groups -OCH3 is 1. The average Bonchev–Trinajstić information content (AvgIpc) is 2.80. The number of carbonyl (C=O) groups excluding carboxylic acids is 2. The zero-order chi connectivity index (χ0) is 22.0. The van der Waals surface area contributed by atoms with Gasteiger partial charge in [0.25, 0.3) is 11.8 Å². The fourth-order valence-electron chi connectivity index (χ4n) is 3.33. The topological polar surface area (TPSA) is 84.4 Å². The third-order valence-corrected chi connectivity index (χ3v) is 4.96. The van der Waals surface area contributed by atoms with Gasteiger partial charge in [0.05, 0.1) is 18.4 Å². The first-order valence-electron chi connectivity index (χ1n) is 9.49. The number of benzene rings is 2. The Bertz CT molecular complexity index is 1170. The molecule has 0 bridgehead atoms. The predicted molar refractivity (Wildman–Crippen MR) is 108 cm³/mol. The molecule has 0 saturated heterocycles. The molecule has 3 aromatic rings. The minimum atomic E-state index is -1.16. The summed E-state index contributed by atoms with van der Waals surface area (Å²) in [5.41, 5.74) is 1.44. The summed E-state index contributed by atoms with van der Waals surface area (Å²) in [5.74, 6) is -2.51. The van der Waals surface area contributed by atoms with Crippen LogP contribution in [0.1, 0.15) is 32.0 Å². The maximum atomic E-state index is 14.0. The molecule has 0 spiro atoms. The van der Waals surface area contributed by atoms with Crippen LogP contribution in [0.2, 0.25) is 0 Å². The van der Waals surface area contributed by atoms with E-state index in [0.717, 1.165) is 6.07 Å². The van der Waals surface area contributed by atoms with Crippen LogP contribution in [0, 0.1) is 11.6 Å². The highest BCUT2D eigenvalue weighted by Crippen LogP contribution is 2.22. The minimum Gasteiger partial charge on any atom is -0.497 e. The lowest BCUT2D eigenvalue weighted by Crippen LogP contribution is -2.37. The van der Waals surface area contributed by atoms with Crippen LogP contribution in [0.4, 0.5) is 14.7 Å². The molecule has 2 heterocycles. The number of hydrogen-bond acceptors (Lipinski definition) is 5. The van der Waals surface area contributed by atoms with Gasteiger partial charge in [-0.3, -0.25) is 14.9 Å². The third-order valence-electron chi connectivity index (χ3n) is 4.96. The summed E-state index contributed by atoms with van der Waals surface area (Å²) in [7, 11) is 1.51. The van der Waals surface area contributed by atoms with Gasteiger partial charge in [0, 0.05) is 36.8 Å². The molecule has 0 saturated carbocycles. The molecule has 9 heteroatoms. The molecule has 1 aliphatic heterocycles. The van der Waals surface area contributed by atoms with Crippen LogP contribution in [-0.2, 0) is 13.0 Å². The van der Waals surface area contributed by atoms with Gasteiger partial charge in [-0.15, -0.1) is 0 Å². The van der Waals surface area contributed by atoms with Gasteiger partial charge in [-0.1, -0.05) is 12.1 Å². The molecule has 0 aliphatic carbocycles. The highest BCUT2D eigenvalue weighted by atomic mass is 19.2. The Labute approximate surface area is 176 Å². The number of nitrogens with zero attached hydrogens (tertiary/aromatic N) is 3. The van der Waals surface area contributed by atoms with E-state index in [-0.39, 0.29) is 30.5 Å². The minimum absolute atomic E-state index is 0.141. The second kappa shape index (κ2) is 8.47. The van der Waals surface area contributed by atoms with Crippen LogP contribution in [-0.4, -0.2) is 40.3 Å². The lowest BCUT2D eigenvalue weighted by molar-refractivity contribution is 0.0727. The molecule has 0 radical (unpaired) electrons. The summed E-state index contributed by atoms with van der Waals surface area (Å²) in [6.45, 7) is 0.441. The van der Waals surface area contributed by atoms with Crippen LogP contribution < -0.4 is 10.1 Å². The SMILES string of the molecule is COc1cccc(C(=O)Nc2ncc3c(n2)CCN(C(=O)c2cccc(F)c2F)C3)c1. The van der Waals surface area contributed by atoms with E-state index in [1.54, 1.807) is 24.3 Å². The Hall–Kier alpha value is -3.88. The standard InChI is InChI=1S/C22H18F2N4O3/c1-31-15-5-2-4-13(10-15)20(29)27-22-25-11-14-12-28(9-8-18(14)26-22)21(30)16-6-3-7-17(23)19(16)24/h2-7,10-11H,8-9,12H2,1H3,(H,25,26,27,29). The molecular weight excluding hydrogens is 406 g/mol. The quantitative estimate of drug-likeness (QED) is 0.695. The maximum absolute atomic E-state index is 14.0. The number of nitrogens with one attached hydrogen (secondary N) is 1. The molecule has 1 N–H and O–H groups in total. The lowest BCUT2D eigenvalue weighted by atomic mass is 10.1. The van der Waals surface area contributed by atoms with E-state index in [2.05, 4.69) is 15.3 Å². The second-order valence-corrected chi connectivity index (χ2v) is 6.93. The monoisotopic (exact) mass is 424 g/mol. The molecule has 158 valence electrons. The predicted octanol–water partition coefficient (Wildman–Crippen LogP) is 3.21. The number of halogens is 2. The Morgan fingerprint density at radius 2 is 1.97 bits per heavy atom. The molecule has 0 fully saturated rings.